The predicted octanol–water partition coefficient (Wildman–Crippen LogP) is 7.63. The first kappa shape index (κ1) is 30.9. The van der Waals surface area contributed by atoms with Crippen LogP contribution in [0.25, 0.3) is 0 Å². The van der Waals surface area contributed by atoms with Gasteiger partial charge in [-0.3, -0.25) is 0 Å². The standard InChI is InChI=1S/C25H18F11NO3/c26-22(27,24(31,32)33)16-6-1-4-14(10-16)21(37-13-20(38)23(28,29)30)15-5-2-7-17(11-15)39-18-8-3-9-19(12-18)40-25(34,35)36/h1-12,20-21,37-38H,13H2. The van der Waals surface area contributed by atoms with E-state index in [4.69, 9.17) is 4.74 Å². The molecule has 0 saturated heterocycles. The van der Waals surface area contributed by atoms with Gasteiger partial charge in [0.15, 0.2) is 6.10 Å². The molecule has 218 valence electrons. The maximum absolute atomic E-state index is 14.0. The highest BCUT2D eigenvalue weighted by Crippen LogP contribution is 2.44. The fraction of sp³-hybridized carbons (Fsp3) is 0.280. The molecule has 0 aliphatic heterocycles. The zero-order valence-corrected chi connectivity index (χ0v) is 19.7. The van der Waals surface area contributed by atoms with Gasteiger partial charge >= 0.3 is 24.6 Å². The van der Waals surface area contributed by atoms with Crippen molar-refractivity contribution >= 4 is 0 Å². The molecule has 0 amide bonds. The number of rotatable bonds is 9. The summed E-state index contributed by atoms with van der Waals surface area (Å²) in [5.41, 5.74) is -1.79. The first-order chi connectivity index (χ1) is 18.4. The van der Waals surface area contributed by atoms with Crippen molar-refractivity contribution in [3.63, 3.8) is 0 Å². The number of benzene rings is 3. The molecule has 2 unspecified atom stereocenters. The third-order valence-corrected chi connectivity index (χ3v) is 5.30. The lowest BCUT2D eigenvalue weighted by atomic mass is 9.95. The molecule has 0 spiro atoms. The fourth-order valence-corrected chi connectivity index (χ4v) is 3.48. The van der Waals surface area contributed by atoms with E-state index in [1.54, 1.807) is 0 Å². The first-order valence-corrected chi connectivity index (χ1v) is 11.0. The number of aliphatic hydroxyl groups excluding tert-OH is 1. The van der Waals surface area contributed by atoms with E-state index in [9.17, 15) is 53.4 Å². The molecular weight excluding hydrogens is 571 g/mol. The fourth-order valence-electron chi connectivity index (χ4n) is 3.48. The van der Waals surface area contributed by atoms with Gasteiger partial charge in [-0.1, -0.05) is 36.4 Å². The summed E-state index contributed by atoms with van der Waals surface area (Å²) in [5.74, 6) is -6.14. The van der Waals surface area contributed by atoms with E-state index in [0.29, 0.717) is 12.1 Å². The van der Waals surface area contributed by atoms with Crippen molar-refractivity contribution in [2.24, 2.45) is 0 Å². The summed E-state index contributed by atoms with van der Waals surface area (Å²) in [6.45, 7) is -1.17. The van der Waals surface area contributed by atoms with Gasteiger partial charge in [0.25, 0.3) is 0 Å². The molecule has 0 fully saturated rings. The Kier molecular flexibility index (Phi) is 8.89. The van der Waals surface area contributed by atoms with Crippen LogP contribution in [0.5, 0.6) is 17.2 Å². The second-order valence-corrected chi connectivity index (χ2v) is 8.29. The minimum absolute atomic E-state index is 0.00189. The van der Waals surface area contributed by atoms with E-state index in [-0.39, 0.29) is 22.6 Å². The molecule has 2 atom stereocenters. The molecule has 0 heterocycles. The summed E-state index contributed by atoms with van der Waals surface area (Å²) < 4.78 is 152. The summed E-state index contributed by atoms with van der Waals surface area (Å²) in [4.78, 5) is 0. The van der Waals surface area contributed by atoms with E-state index in [1.165, 1.54) is 36.4 Å². The third kappa shape index (κ3) is 7.97. The van der Waals surface area contributed by atoms with Crippen LogP contribution in [0.15, 0.2) is 72.8 Å². The van der Waals surface area contributed by atoms with Crippen molar-refractivity contribution < 1.29 is 62.9 Å². The van der Waals surface area contributed by atoms with Crippen molar-refractivity contribution in [3.8, 4) is 17.2 Å². The van der Waals surface area contributed by atoms with E-state index in [2.05, 4.69) is 10.1 Å². The Labute approximate surface area is 218 Å². The van der Waals surface area contributed by atoms with Crippen molar-refractivity contribution in [2.75, 3.05) is 6.54 Å². The number of hydrogen-bond donors (Lipinski definition) is 2. The van der Waals surface area contributed by atoms with Crippen LogP contribution in [-0.2, 0) is 5.92 Å². The molecule has 0 bridgehead atoms. The molecule has 3 aromatic carbocycles. The monoisotopic (exact) mass is 589 g/mol. The van der Waals surface area contributed by atoms with Crippen LogP contribution in [0.2, 0.25) is 0 Å². The minimum Gasteiger partial charge on any atom is -0.457 e. The average Bonchev–Trinajstić information content (AvgIpc) is 2.82. The lowest BCUT2D eigenvalue weighted by Gasteiger charge is -2.25. The summed E-state index contributed by atoms with van der Waals surface area (Å²) in [6, 6.07) is 10.8. The number of alkyl halides is 11. The molecule has 4 nitrogen and oxygen atoms in total. The van der Waals surface area contributed by atoms with Crippen molar-refractivity contribution in [2.45, 2.75) is 36.8 Å². The van der Waals surface area contributed by atoms with Crippen LogP contribution < -0.4 is 14.8 Å². The Morgan fingerprint density at radius 1 is 0.675 bits per heavy atom. The number of nitrogens with one attached hydrogen (secondary N) is 1. The summed E-state index contributed by atoms with van der Waals surface area (Å²) in [5, 5.41) is 11.7. The van der Waals surface area contributed by atoms with E-state index in [1.807, 2.05) is 0 Å². The van der Waals surface area contributed by atoms with Crippen LogP contribution in [-0.4, -0.2) is 36.5 Å². The van der Waals surface area contributed by atoms with Gasteiger partial charge in [0.05, 0.1) is 6.04 Å². The molecule has 3 rings (SSSR count). The molecule has 40 heavy (non-hydrogen) atoms. The number of halogens is 11. The maximum atomic E-state index is 14.0. The van der Waals surface area contributed by atoms with Crippen LogP contribution >= 0.6 is 0 Å². The molecule has 0 saturated carbocycles. The number of hydrogen-bond acceptors (Lipinski definition) is 4. The maximum Gasteiger partial charge on any atom is 0.573 e. The summed E-state index contributed by atoms with van der Waals surface area (Å²) in [7, 11) is 0. The van der Waals surface area contributed by atoms with E-state index in [0.717, 1.165) is 24.3 Å². The van der Waals surface area contributed by atoms with Crippen molar-refractivity contribution in [1.82, 2.24) is 5.32 Å². The second kappa shape index (κ2) is 11.5. The largest absolute Gasteiger partial charge is 0.573 e. The molecule has 0 aromatic heterocycles. The van der Waals surface area contributed by atoms with Crippen molar-refractivity contribution in [3.05, 3.63) is 89.5 Å². The Bertz CT molecular complexity index is 1290. The average molecular weight is 589 g/mol. The molecule has 3 aromatic rings. The van der Waals surface area contributed by atoms with Gasteiger partial charge in [-0.25, -0.2) is 0 Å². The van der Waals surface area contributed by atoms with Crippen LogP contribution in [0, 0.1) is 0 Å². The molecule has 0 radical (unpaired) electrons. The summed E-state index contributed by atoms with van der Waals surface area (Å²) >= 11 is 0. The topological polar surface area (TPSA) is 50.7 Å². The Balaban J connectivity index is 1.98. The van der Waals surface area contributed by atoms with Gasteiger partial charge in [0, 0.05) is 18.2 Å². The smallest absolute Gasteiger partial charge is 0.457 e. The number of aliphatic hydroxyl groups is 1. The highest BCUT2D eigenvalue weighted by atomic mass is 19.4. The lowest BCUT2D eigenvalue weighted by Crippen LogP contribution is -2.40. The normalized spacial score (nSPS) is 14.5. The first-order valence-electron chi connectivity index (χ1n) is 11.0. The van der Waals surface area contributed by atoms with Gasteiger partial charge in [-0.05, 0) is 41.5 Å². The molecule has 0 aliphatic carbocycles. The van der Waals surface area contributed by atoms with Crippen LogP contribution in [0.4, 0.5) is 48.3 Å². The van der Waals surface area contributed by atoms with Crippen LogP contribution in [0.1, 0.15) is 22.7 Å². The minimum atomic E-state index is -5.96. The lowest BCUT2D eigenvalue weighted by molar-refractivity contribution is -0.289. The molecule has 15 heteroatoms. The van der Waals surface area contributed by atoms with Crippen molar-refractivity contribution in [1.29, 1.82) is 0 Å². The summed E-state index contributed by atoms with van der Waals surface area (Å²) in [6.07, 6.45) is -18.9. The van der Waals surface area contributed by atoms with Gasteiger partial charge in [0.2, 0.25) is 0 Å². The third-order valence-electron chi connectivity index (χ3n) is 5.30. The molecule has 2 N–H and O–H groups in total. The molecule has 0 aliphatic rings. The SMILES string of the molecule is OC(CNC(c1cccc(Oc2cccc(OC(F)(F)F)c2)c1)c1cccc(C(F)(F)C(F)(F)F)c1)C(F)(F)F. The van der Waals surface area contributed by atoms with Gasteiger partial charge in [-0.2, -0.15) is 35.1 Å². The Morgan fingerprint density at radius 3 is 1.77 bits per heavy atom. The van der Waals surface area contributed by atoms with Gasteiger partial charge in [0.1, 0.15) is 17.2 Å². The Morgan fingerprint density at radius 2 is 1.20 bits per heavy atom. The predicted molar refractivity (Wildman–Crippen MR) is 118 cm³/mol. The van der Waals surface area contributed by atoms with Crippen LogP contribution in [0.3, 0.4) is 0 Å². The van der Waals surface area contributed by atoms with E-state index >= 15 is 0 Å². The van der Waals surface area contributed by atoms with Gasteiger partial charge in [-0.15, -0.1) is 13.2 Å². The highest BCUT2D eigenvalue weighted by molar-refractivity contribution is 5.42. The highest BCUT2D eigenvalue weighted by Gasteiger charge is 2.58. The number of ether oxygens (including phenoxy) is 2. The van der Waals surface area contributed by atoms with Gasteiger partial charge < -0.3 is 19.9 Å². The quantitative estimate of drug-likeness (QED) is 0.252. The zero-order valence-electron chi connectivity index (χ0n) is 19.7. The Hall–Kier alpha value is -3.59. The second-order valence-electron chi connectivity index (χ2n) is 8.29. The molecular formula is C25H18F11NO3. The zero-order chi connectivity index (χ0) is 29.9. The van der Waals surface area contributed by atoms with E-state index < -0.39 is 54.6 Å².